The SMILES string of the molecule is CCOC(=O)CCCCCOc1cc(OC)ccc1C=O. The van der Waals surface area contributed by atoms with Crippen molar-refractivity contribution in [1.29, 1.82) is 0 Å². The van der Waals surface area contributed by atoms with Crippen LogP contribution in [-0.4, -0.2) is 32.6 Å². The van der Waals surface area contributed by atoms with E-state index >= 15 is 0 Å². The Kier molecular flexibility index (Phi) is 7.94. The Morgan fingerprint density at radius 3 is 2.71 bits per heavy atom. The smallest absolute Gasteiger partial charge is 0.305 e. The molecule has 5 nitrogen and oxygen atoms in total. The molecule has 1 rings (SSSR count). The van der Waals surface area contributed by atoms with Crippen molar-refractivity contribution in [1.82, 2.24) is 0 Å². The van der Waals surface area contributed by atoms with E-state index in [-0.39, 0.29) is 5.97 Å². The lowest BCUT2D eigenvalue weighted by atomic mass is 10.2. The fourth-order valence-electron chi connectivity index (χ4n) is 1.83. The van der Waals surface area contributed by atoms with Gasteiger partial charge in [0.25, 0.3) is 0 Å². The molecule has 0 aliphatic rings. The summed E-state index contributed by atoms with van der Waals surface area (Å²) in [5.74, 6) is 1.02. The highest BCUT2D eigenvalue weighted by Crippen LogP contribution is 2.23. The van der Waals surface area contributed by atoms with Crippen molar-refractivity contribution in [3.63, 3.8) is 0 Å². The Bertz CT molecular complexity index is 456. The van der Waals surface area contributed by atoms with Crippen molar-refractivity contribution in [2.75, 3.05) is 20.3 Å². The zero-order valence-corrected chi connectivity index (χ0v) is 12.6. The minimum absolute atomic E-state index is 0.158. The second-order valence-corrected chi connectivity index (χ2v) is 4.49. The van der Waals surface area contributed by atoms with E-state index in [1.165, 1.54) is 0 Å². The standard InChI is InChI=1S/C16H22O5/c1-3-20-16(18)7-5-4-6-10-21-15-11-14(19-2)9-8-13(15)12-17/h8-9,11-12H,3-7,10H2,1-2H3. The molecule has 0 saturated carbocycles. The lowest BCUT2D eigenvalue weighted by Gasteiger charge is -2.10. The fourth-order valence-corrected chi connectivity index (χ4v) is 1.83. The van der Waals surface area contributed by atoms with Gasteiger partial charge in [-0.1, -0.05) is 0 Å². The van der Waals surface area contributed by atoms with Crippen LogP contribution in [0.5, 0.6) is 11.5 Å². The van der Waals surface area contributed by atoms with Gasteiger partial charge in [-0.3, -0.25) is 9.59 Å². The summed E-state index contributed by atoms with van der Waals surface area (Å²) in [6.07, 6.45) is 3.66. The lowest BCUT2D eigenvalue weighted by molar-refractivity contribution is -0.143. The highest BCUT2D eigenvalue weighted by Gasteiger charge is 2.05. The minimum Gasteiger partial charge on any atom is -0.497 e. The molecule has 21 heavy (non-hydrogen) atoms. The molecule has 0 spiro atoms. The van der Waals surface area contributed by atoms with Crippen molar-refractivity contribution >= 4 is 12.3 Å². The van der Waals surface area contributed by atoms with E-state index in [0.717, 1.165) is 25.5 Å². The molecule has 0 bridgehead atoms. The highest BCUT2D eigenvalue weighted by atomic mass is 16.5. The molecule has 0 aliphatic carbocycles. The van der Waals surface area contributed by atoms with E-state index in [9.17, 15) is 9.59 Å². The van der Waals surface area contributed by atoms with Gasteiger partial charge >= 0.3 is 5.97 Å². The van der Waals surface area contributed by atoms with Crippen LogP contribution in [0, 0.1) is 0 Å². The molecule has 1 aromatic rings. The zero-order valence-electron chi connectivity index (χ0n) is 12.6. The van der Waals surface area contributed by atoms with Crippen LogP contribution < -0.4 is 9.47 Å². The third kappa shape index (κ3) is 6.29. The predicted octanol–water partition coefficient (Wildman–Crippen LogP) is 3.01. The van der Waals surface area contributed by atoms with Gasteiger partial charge < -0.3 is 14.2 Å². The molecule has 0 unspecified atom stereocenters. The zero-order chi connectivity index (χ0) is 15.5. The topological polar surface area (TPSA) is 61.8 Å². The van der Waals surface area contributed by atoms with Crippen molar-refractivity contribution < 1.29 is 23.8 Å². The summed E-state index contributed by atoms with van der Waals surface area (Å²) in [4.78, 5) is 22.1. The molecule has 0 radical (unpaired) electrons. The number of rotatable bonds is 10. The lowest BCUT2D eigenvalue weighted by Crippen LogP contribution is -2.04. The first kappa shape index (κ1) is 17.0. The number of hydrogen-bond acceptors (Lipinski definition) is 5. The number of benzene rings is 1. The summed E-state index contributed by atoms with van der Waals surface area (Å²) in [5, 5.41) is 0. The predicted molar refractivity (Wildman–Crippen MR) is 79.0 cm³/mol. The Morgan fingerprint density at radius 1 is 1.24 bits per heavy atom. The van der Waals surface area contributed by atoms with Gasteiger partial charge in [0.05, 0.1) is 25.9 Å². The van der Waals surface area contributed by atoms with Crippen molar-refractivity contribution in [3.05, 3.63) is 23.8 Å². The summed E-state index contributed by atoms with van der Waals surface area (Å²) < 4.78 is 15.5. The van der Waals surface area contributed by atoms with Crippen molar-refractivity contribution in [2.45, 2.75) is 32.6 Å². The average molecular weight is 294 g/mol. The van der Waals surface area contributed by atoms with E-state index in [4.69, 9.17) is 14.2 Å². The van der Waals surface area contributed by atoms with E-state index in [1.54, 1.807) is 32.2 Å². The Morgan fingerprint density at radius 2 is 2.05 bits per heavy atom. The largest absolute Gasteiger partial charge is 0.497 e. The number of carbonyl (C=O) groups is 2. The normalized spacial score (nSPS) is 10.0. The third-order valence-corrected chi connectivity index (χ3v) is 2.94. The molecule has 0 aliphatic heterocycles. The number of carbonyl (C=O) groups excluding carboxylic acids is 2. The molecule has 5 heteroatoms. The van der Waals surface area contributed by atoms with Crippen LogP contribution in [0.1, 0.15) is 43.0 Å². The molecular formula is C16H22O5. The van der Waals surface area contributed by atoms with Crippen LogP contribution in [0.25, 0.3) is 0 Å². The van der Waals surface area contributed by atoms with Gasteiger partial charge in [0, 0.05) is 12.5 Å². The fraction of sp³-hybridized carbons (Fsp3) is 0.500. The second-order valence-electron chi connectivity index (χ2n) is 4.49. The van der Waals surface area contributed by atoms with Crippen LogP contribution in [0.4, 0.5) is 0 Å². The Hall–Kier alpha value is -2.04. The Balaban J connectivity index is 2.29. The van der Waals surface area contributed by atoms with Crippen molar-refractivity contribution in [3.8, 4) is 11.5 Å². The van der Waals surface area contributed by atoms with Gasteiger partial charge in [-0.05, 0) is 38.3 Å². The van der Waals surface area contributed by atoms with E-state index < -0.39 is 0 Å². The first-order chi connectivity index (χ1) is 10.2. The highest BCUT2D eigenvalue weighted by molar-refractivity contribution is 5.79. The number of hydrogen-bond donors (Lipinski definition) is 0. The molecule has 0 aromatic heterocycles. The summed E-state index contributed by atoms with van der Waals surface area (Å²) in [5.41, 5.74) is 0.502. The maximum atomic E-state index is 11.1. The maximum absolute atomic E-state index is 11.1. The van der Waals surface area contributed by atoms with E-state index in [0.29, 0.717) is 36.7 Å². The summed E-state index contributed by atoms with van der Waals surface area (Å²) >= 11 is 0. The van der Waals surface area contributed by atoms with Gasteiger partial charge in [-0.2, -0.15) is 0 Å². The minimum atomic E-state index is -0.158. The van der Waals surface area contributed by atoms with Crippen LogP contribution in [0.3, 0.4) is 0 Å². The third-order valence-electron chi connectivity index (χ3n) is 2.94. The number of aldehydes is 1. The molecule has 1 aromatic carbocycles. The van der Waals surface area contributed by atoms with E-state index in [1.807, 2.05) is 0 Å². The number of ether oxygens (including phenoxy) is 3. The first-order valence-corrected chi connectivity index (χ1v) is 7.13. The second kappa shape index (κ2) is 9.80. The molecule has 0 atom stereocenters. The summed E-state index contributed by atoms with van der Waals surface area (Å²) in [6.45, 7) is 2.72. The number of esters is 1. The molecule has 0 saturated heterocycles. The quantitative estimate of drug-likeness (QED) is 0.377. The molecule has 0 heterocycles. The Labute approximate surface area is 125 Å². The van der Waals surface area contributed by atoms with Gasteiger partial charge in [0.15, 0.2) is 6.29 Å². The first-order valence-electron chi connectivity index (χ1n) is 7.13. The number of unbranched alkanes of at least 4 members (excludes halogenated alkanes) is 2. The maximum Gasteiger partial charge on any atom is 0.305 e. The van der Waals surface area contributed by atoms with Crippen LogP contribution in [-0.2, 0) is 9.53 Å². The molecule has 116 valence electrons. The van der Waals surface area contributed by atoms with Gasteiger partial charge in [-0.15, -0.1) is 0 Å². The van der Waals surface area contributed by atoms with Crippen molar-refractivity contribution in [2.24, 2.45) is 0 Å². The summed E-state index contributed by atoms with van der Waals surface area (Å²) in [6, 6.07) is 5.08. The molecule has 0 fully saturated rings. The summed E-state index contributed by atoms with van der Waals surface area (Å²) in [7, 11) is 1.56. The monoisotopic (exact) mass is 294 g/mol. The van der Waals surface area contributed by atoms with Gasteiger partial charge in [-0.25, -0.2) is 0 Å². The van der Waals surface area contributed by atoms with Crippen LogP contribution >= 0.6 is 0 Å². The van der Waals surface area contributed by atoms with Gasteiger partial charge in [0.1, 0.15) is 11.5 Å². The molecular weight excluding hydrogens is 272 g/mol. The van der Waals surface area contributed by atoms with Gasteiger partial charge in [0.2, 0.25) is 0 Å². The molecule has 0 N–H and O–H groups in total. The molecule has 0 amide bonds. The van der Waals surface area contributed by atoms with Crippen LogP contribution in [0.15, 0.2) is 18.2 Å². The average Bonchev–Trinajstić information content (AvgIpc) is 2.50. The van der Waals surface area contributed by atoms with E-state index in [2.05, 4.69) is 0 Å². The number of methoxy groups -OCH3 is 1. The van der Waals surface area contributed by atoms with Crippen LogP contribution in [0.2, 0.25) is 0 Å².